The lowest BCUT2D eigenvalue weighted by molar-refractivity contribution is -0.125. The lowest BCUT2D eigenvalue weighted by Crippen LogP contribution is -2.29. The molecule has 0 aliphatic carbocycles. The molecule has 4 nitrogen and oxygen atoms in total. The molecule has 0 unspecified atom stereocenters. The van der Waals surface area contributed by atoms with Crippen LogP contribution in [0.5, 0.6) is 0 Å². The van der Waals surface area contributed by atoms with Crippen LogP contribution in [0.1, 0.15) is 12.5 Å². The fraction of sp³-hybridized carbons (Fsp3) is 0.417. The molecule has 0 fully saturated rings. The van der Waals surface area contributed by atoms with Crippen molar-refractivity contribution in [2.24, 2.45) is 0 Å². The van der Waals surface area contributed by atoms with Gasteiger partial charge in [-0.15, -0.1) is 0 Å². The third-order valence-electron chi connectivity index (χ3n) is 2.15. The number of nitrogens with one attached hydrogen (secondary N) is 1. The third-order valence-corrected chi connectivity index (χ3v) is 2.15. The van der Waals surface area contributed by atoms with Gasteiger partial charge in [-0.05, 0) is 31.0 Å². The maximum atomic E-state index is 11.2. The summed E-state index contributed by atoms with van der Waals surface area (Å²) in [4.78, 5) is 11.2. The summed E-state index contributed by atoms with van der Waals surface area (Å²) in [5.41, 5.74) is 7.48. The highest BCUT2D eigenvalue weighted by Crippen LogP contribution is 2.05. The van der Waals surface area contributed by atoms with E-state index in [1.54, 1.807) is 0 Å². The van der Waals surface area contributed by atoms with Crippen molar-refractivity contribution in [2.45, 2.75) is 13.3 Å². The molecule has 0 saturated carbocycles. The summed E-state index contributed by atoms with van der Waals surface area (Å²) in [6, 6.07) is 7.64. The Kier molecular flexibility index (Phi) is 5.36. The molecule has 1 rings (SSSR count). The Morgan fingerprint density at radius 3 is 2.69 bits per heavy atom. The van der Waals surface area contributed by atoms with E-state index >= 15 is 0 Å². The second-order valence-corrected chi connectivity index (χ2v) is 3.48. The maximum absolute atomic E-state index is 11.2. The molecule has 0 bridgehead atoms. The van der Waals surface area contributed by atoms with E-state index in [9.17, 15) is 4.79 Å². The van der Waals surface area contributed by atoms with Crippen LogP contribution < -0.4 is 11.1 Å². The maximum Gasteiger partial charge on any atom is 0.246 e. The summed E-state index contributed by atoms with van der Waals surface area (Å²) in [5, 5.41) is 2.79. The number of carbonyl (C=O) groups excluding carboxylic acids is 1. The fourth-order valence-corrected chi connectivity index (χ4v) is 1.28. The highest BCUT2D eigenvalue weighted by atomic mass is 16.5. The smallest absolute Gasteiger partial charge is 0.246 e. The third kappa shape index (κ3) is 4.79. The molecule has 88 valence electrons. The SMILES string of the molecule is CCOCC(=O)NCCc1ccc(N)cc1. The van der Waals surface area contributed by atoms with Gasteiger partial charge in [0, 0.05) is 18.8 Å². The highest BCUT2D eigenvalue weighted by Gasteiger charge is 1.99. The lowest BCUT2D eigenvalue weighted by Gasteiger charge is -2.05. The van der Waals surface area contributed by atoms with E-state index in [0.29, 0.717) is 13.2 Å². The Morgan fingerprint density at radius 1 is 1.38 bits per heavy atom. The summed E-state index contributed by atoms with van der Waals surface area (Å²) in [6.07, 6.45) is 0.804. The number of ether oxygens (including phenoxy) is 1. The van der Waals surface area contributed by atoms with Gasteiger partial charge in [-0.2, -0.15) is 0 Å². The topological polar surface area (TPSA) is 64.3 Å². The number of nitrogens with two attached hydrogens (primary N) is 1. The average molecular weight is 222 g/mol. The van der Waals surface area contributed by atoms with Crippen molar-refractivity contribution in [3.8, 4) is 0 Å². The predicted molar refractivity (Wildman–Crippen MR) is 64.1 cm³/mol. The van der Waals surface area contributed by atoms with Crippen LogP contribution in [0.4, 0.5) is 5.69 Å². The van der Waals surface area contributed by atoms with Crippen molar-refractivity contribution in [3.05, 3.63) is 29.8 Å². The first-order valence-corrected chi connectivity index (χ1v) is 5.41. The summed E-state index contributed by atoms with van der Waals surface area (Å²) in [5.74, 6) is -0.0719. The standard InChI is InChI=1S/C12H18N2O2/c1-2-16-9-12(15)14-8-7-10-3-5-11(13)6-4-10/h3-6H,2,7-9,13H2,1H3,(H,14,15). The Bertz CT molecular complexity index is 322. The van der Waals surface area contributed by atoms with E-state index in [-0.39, 0.29) is 12.5 Å². The zero-order chi connectivity index (χ0) is 11.8. The minimum Gasteiger partial charge on any atom is -0.399 e. The van der Waals surface area contributed by atoms with Crippen LogP contribution >= 0.6 is 0 Å². The molecule has 0 spiro atoms. The van der Waals surface area contributed by atoms with Crippen LogP contribution in [0.2, 0.25) is 0 Å². The van der Waals surface area contributed by atoms with Crippen LogP contribution in [0.25, 0.3) is 0 Å². The molecule has 1 amide bonds. The van der Waals surface area contributed by atoms with Gasteiger partial charge in [-0.25, -0.2) is 0 Å². The Labute approximate surface area is 95.8 Å². The van der Waals surface area contributed by atoms with Crippen molar-refractivity contribution in [2.75, 3.05) is 25.5 Å². The second-order valence-electron chi connectivity index (χ2n) is 3.48. The number of carbonyl (C=O) groups is 1. The van der Waals surface area contributed by atoms with Crippen molar-refractivity contribution in [1.29, 1.82) is 0 Å². The van der Waals surface area contributed by atoms with Gasteiger partial charge in [0.15, 0.2) is 0 Å². The molecule has 4 heteroatoms. The number of hydrogen-bond donors (Lipinski definition) is 2. The van der Waals surface area contributed by atoms with Crippen molar-refractivity contribution in [3.63, 3.8) is 0 Å². The van der Waals surface area contributed by atoms with Gasteiger partial charge in [0.1, 0.15) is 6.61 Å². The van der Waals surface area contributed by atoms with Crippen LogP contribution in [0.3, 0.4) is 0 Å². The average Bonchev–Trinajstić information content (AvgIpc) is 2.29. The minimum absolute atomic E-state index is 0.0719. The van der Waals surface area contributed by atoms with Gasteiger partial charge in [-0.3, -0.25) is 4.79 Å². The molecule has 0 radical (unpaired) electrons. The van der Waals surface area contributed by atoms with E-state index in [0.717, 1.165) is 17.7 Å². The molecule has 0 heterocycles. The first kappa shape index (κ1) is 12.5. The van der Waals surface area contributed by atoms with Gasteiger partial charge in [0.25, 0.3) is 0 Å². The molecular formula is C12H18N2O2. The number of benzene rings is 1. The van der Waals surface area contributed by atoms with Gasteiger partial charge in [0.05, 0.1) is 0 Å². The zero-order valence-electron chi connectivity index (χ0n) is 9.53. The van der Waals surface area contributed by atoms with Crippen LogP contribution in [-0.4, -0.2) is 25.7 Å². The molecule has 0 saturated heterocycles. The molecule has 0 aliphatic heterocycles. The number of hydrogen-bond acceptors (Lipinski definition) is 3. The van der Waals surface area contributed by atoms with Crippen LogP contribution in [0.15, 0.2) is 24.3 Å². The largest absolute Gasteiger partial charge is 0.399 e. The monoisotopic (exact) mass is 222 g/mol. The van der Waals surface area contributed by atoms with Gasteiger partial charge >= 0.3 is 0 Å². The predicted octanol–water partition coefficient (Wildman–Crippen LogP) is 0.964. The minimum atomic E-state index is -0.0719. The van der Waals surface area contributed by atoms with E-state index in [1.807, 2.05) is 31.2 Å². The normalized spacial score (nSPS) is 10.1. The van der Waals surface area contributed by atoms with E-state index in [4.69, 9.17) is 10.5 Å². The Balaban J connectivity index is 2.20. The van der Waals surface area contributed by atoms with Crippen LogP contribution in [-0.2, 0) is 16.0 Å². The Morgan fingerprint density at radius 2 is 2.06 bits per heavy atom. The van der Waals surface area contributed by atoms with Gasteiger partial charge < -0.3 is 15.8 Å². The van der Waals surface area contributed by atoms with Gasteiger partial charge in [-0.1, -0.05) is 12.1 Å². The molecule has 1 aromatic rings. The molecule has 3 N–H and O–H groups in total. The zero-order valence-corrected chi connectivity index (χ0v) is 9.53. The number of rotatable bonds is 6. The Hall–Kier alpha value is -1.55. The molecular weight excluding hydrogens is 204 g/mol. The van der Waals surface area contributed by atoms with Crippen molar-refractivity contribution in [1.82, 2.24) is 5.32 Å². The second kappa shape index (κ2) is 6.85. The number of nitrogen functional groups attached to an aromatic ring is 1. The first-order valence-electron chi connectivity index (χ1n) is 5.41. The summed E-state index contributed by atoms with van der Waals surface area (Å²) < 4.78 is 4.99. The number of anilines is 1. The van der Waals surface area contributed by atoms with E-state index in [1.165, 1.54) is 0 Å². The summed E-state index contributed by atoms with van der Waals surface area (Å²) in [6.45, 7) is 3.18. The summed E-state index contributed by atoms with van der Waals surface area (Å²) >= 11 is 0. The molecule has 0 aromatic heterocycles. The number of amides is 1. The van der Waals surface area contributed by atoms with Gasteiger partial charge in [0.2, 0.25) is 5.91 Å². The highest BCUT2D eigenvalue weighted by molar-refractivity contribution is 5.77. The molecule has 16 heavy (non-hydrogen) atoms. The van der Waals surface area contributed by atoms with Crippen molar-refractivity contribution < 1.29 is 9.53 Å². The summed E-state index contributed by atoms with van der Waals surface area (Å²) in [7, 11) is 0. The van der Waals surface area contributed by atoms with E-state index < -0.39 is 0 Å². The molecule has 1 aromatic carbocycles. The quantitative estimate of drug-likeness (QED) is 0.705. The van der Waals surface area contributed by atoms with Crippen molar-refractivity contribution >= 4 is 11.6 Å². The first-order chi connectivity index (χ1) is 7.72. The molecule has 0 atom stereocenters. The fourth-order valence-electron chi connectivity index (χ4n) is 1.28. The lowest BCUT2D eigenvalue weighted by atomic mass is 10.1. The van der Waals surface area contributed by atoms with Crippen LogP contribution in [0, 0.1) is 0 Å². The molecule has 0 aliphatic rings. The van der Waals surface area contributed by atoms with E-state index in [2.05, 4.69) is 5.32 Å².